The molecule has 166 valence electrons. The van der Waals surface area contributed by atoms with Crippen molar-refractivity contribution in [3.63, 3.8) is 0 Å². The van der Waals surface area contributed by atoms with Gasteiger partial charge in [0.05, 0.1) is 12.6 Å². The molecule has 4 aromatic rings. The smallest absolute Gasteiger partial charge is 0.225 e. The van der Waals surface area contributed by atoms with E-state index in [0.717, 1.165) is 0 Å². The molecule has 0 spiro atoms. The zero-order valence-electron chi connectivity index (χ0n) is 20.9. The second-order valence-corrected chi connectivity index (χ2v) is 10.0. The van der Waals surface area contributed by atoms with Crippen LogP contribution in [0.15, 0.2) is 60.7 Å². The van der Waals surface area contributed by atoms with Gasteiger partial charge in [0.1, 0.15) is 5.69 Å². The average Bonchev–Trinajstić information content (AvgIpc) is 3.04. The van der Waals surface area contributed by atoms with Crippen LogP contribution in [0.1, 0.15) is 81.5 Å². The molecule has 0 atom stereocenters. The van der Waals surface area contributed by atoms with Gasteiger partial charge in [-0.15, -0.1) is 0 Å². The topological polar surface area (TPSA) is 8.81 Å². The molecule has 1 aromatic heterocycles. The summed E-state index contributed by atoms with van der Waals surface area (Å²) in [7, 11) is 2.22. The summed E-state index contributed by atoms with van der Waals surface area (Å²) in [6.45, 7) is 16.0. The molecule has 0 fully saturated rings. The van der Waals surface area contributed by atoms with Gasteiger partial charge in [0, 0.05) is 11.1 Å². The van der Waals surface area contributed by atoms with E-state index in [2.05, 4.69) is 125 Å². The Kier molecular flexibility index (Phi) is 5.99. The standard InChI is InChI=1S/C30H37N2/c1-19(2)23-16-17-27-28(18-23)31(8)30(26-13-10-9-12-22(26)7)32(27)29-24(20(3)4)14-11-15-25(29)21(5)6/h9-21H,1-8H3/q+1. The van der Waals surface area contributed by atoms with Crippen molar-refractivity contribution in [2.24, 2.45) is 7.05 Å². The number of nitrogens with zero attached hydrogens (tertiary/aromatic N) is 2. The van der Waals surface area contributed by atoms with E-state index >= 15 is 0 Å². The molecule has 0 amide bonds. The quantitative estimate of drug-likeness (QED) is 0.288. The van der Waals surface area contributed by atoms with Gasteiger partial charge >= 0.3 is 0 Å². The van der Waals surface area contributed by atoms with Gasteiger partial charge in [0.25, 0.3) is 5.82 Å². The van der Waals surface area contributed by atoms with Crippen LogP contribution in [0.4, 0.5) is 0 Å². The Morgan fingerprint density at radius 3 is 1.91 bits per heavy atom. The third-order valence-corrected chi connectivity index (χ3v) is 6.75. The number of rotatable bonds is 5. The Morgan fingerprint density at radius 1 is 0.719 bits per heavy atom. The SMILES string of the molecule is Cc1ccccc1-c1n(C)c2cc(C(C)C)ccc2[n+]1-c1c(C(C)C)cccc1C(C)C. The zero-order valence-corrected chi connectivity index (χ0v) is 20.9. The fourth-order valence-electron chi connectivity index (χ4n) is 4.86. The fourth-order valence-corrected chi connectivity index (χ4v) is 4.86. The molecule has 0 aliphatic heterocycles. The number of benzene rings is 3. The maximum absolute atomic E-state index is 2.53. The van der Waals surface area contributed by atoms with Crippen molar-refractivity contribution in [3.8, 4) is 17.1 Å². The third kappa shape index (κ3) is 3.66. The molecule has 0 unspecified atom stereocenters. The molecule has 4 rings (SSSR count). The van der Waals surface area contributed by atoms with E-state index in [4.69, 9.17) is 0 Å². The Morgan fingerprint density at radius 2 is 1.34 bits per heavy atom. The van der Waals surface area contributed by atoms with Crippen LogP contribution >= 0.6 is 0 Å². The second kappa shape index (κ2) is 8.58. The molecule has 0 radical (unpaired) electrons. The molecule has 0 saturated carbocycles. The Labute approximate surface area is 193 Å². The average molecular weight is 426 g/mol. The summed E-state index contributed by atoms with van der Waals surface area (Å²) in [6, 6.07) is 22.6. The van der Waals surface area contributed by atoms with Gasteiger partial charge in [0.15, 0.2) is 11.0 Å². The van der Waals surface area contributed by atoms with Gasteiger partial charge in [-0.2, -0.15) is 4.57 Å². The van der Waals surface area contributed by atoms with Gasteiger partial charge in [-0.1, -0.05) is 84.0 Å². The summed E-state index contributed by atoms with van der Waals surface area (Å²) >= 11 is 0. The predicted molar refractivity (Wildman–Crippen MR) is 137 cm³/mol. The van der Waals surface area contributed by atoms with Crippen LogP contribution in [-0.4, -0.2) is 4.57 Å². The summed E-state index contributed by atoms with van der Waals surface area (Å²) in [5.74, 6) is 2.62. The summed E-state index contributed by atoms with van der Waals surface area (Å²) in [5, 5.41) is 0. The molecule has 0 saturated heterocycles. The lowest BCUT2D eigenvalue weighted by atomic mass is 9.92. The van der Waals surface area contributed by atoms with E-state index in [1.807, 2.05) is 0 Å². The predicted octanol–water partition coefficient (Wildman–Crippen LogP) is 7.80. The second-order valence-electron chi connectivity index (χ2n) is 10.0. The number of imidazole rings is 1. The Bertz CT molecular complexity index is 1250. The van der Waals surface area contributed by atoms with E-state index in [1.165, 1.54) is 50.4 Å². The molecule has 2 heteroatoms. The molecule has 32 heavy (non-hydrogen) atoms. The molecule has 0 aliphatic carbocycles. The third-order valence-electron chi connectivity index (χ3n) is 6.75. The van der Waals surface area contributed by atoms with Crippen LogP contribution in [0, 0.1) is 6.92 Å². The van der Waals surface area contributed by atoms with Gasteiger partial charge in [-0.3, -0.25) is 0 Å². The fraction of sp³-hybridized carbons (Fsp3) is 0.367. The lowest BCUT2D eigenvalue weighted by molar-refractivity contribution is -0.557. The molecule has 0 N–H and O–H groups in total. The minimum Gasteiger partial charge on any atom is -0.225 e. The normalized spacial score (nSPS) is 12.0. The highest BCUT2D eigenvalue weighted by atomic mass is 15.2. The van der Waals surface area contributed by atoms with Gasteiger partial charge in [-0.25, -0.2) is 4.57 Å². The Balaban J connectivity index is 2.22. The van der Waals surface area contributed by atoms with Gasteiger partial charge in [-0.05, 0) is 54.0 Å². The van der Waals surface area contributed by atoms with Crippen molar-refractivity contribution in [1.29, 1.82) is 0 Å². The van der Waals surface area contributed by atoms with Crippen molar-refractivity contribution in [2.75, 3.05) is 0 Å². The van der Waals surface area contributed by atoms with Crippen molar-refractivity contribution >= 4 is 11.0 Å². The molecule has 3 aromatic carbocycles. The molecular weight excluding hydrogens is 388 g/mol. The Hall–Kier alpha value is -2.87. The lowest BCUT2D eigenvalue weighted by Gasteiger charge is -2.18. The van der Waals surface area contributed by atoms with Crippen LogP contribution in [-0.2, 0) is 7.05 Å². The van der Waals surface area contributed by atoms with Crippen LogP contribution in [0.25, 0.3) is 28.1 Å². The first-order valence-corrected chi connectivity index (χ1v) is 12.0. The van der Waals surface area contributed by atoms with Crippen LogP contribution in [0.5, 0.6) is 0 Å². The molecule has 2 nitrogen and oxygen atoms in total. The zero-order chi connectivity index (χ0) is 23.2. The first kappa shape index (κ1) is 22.3. The molecular formula is C30H37N2+. The molecule has 0 aliphatic rings. The first-order chi connectivity index (χ1) is 15.2. The van der Waals surface area contributed by atoms with Crippen molar-refractivity contribution in [2.45, 2.75) is 66.2 Å². The van der Waals surface area contributed by atoms with Crippen LogP contribution in [0.2, 0.25) is 0 Å². The summed E-state index contributed by atoms with van der Waals surface area (Å²) < 4.78 is 4.93. The highest BCUT2D eigenvalue weighted by molar-refractivity contribution is 5.79. The van der Waals surface area contributed by atoms with E-state index in [9.17, 15) is 0 Å². The number of aryl methyl sites for hydroxylation is 2. The van der Waals surface area contributed by atoms with Crippen molar-refractivity contribution in [3.05, 3.63) is 82.9 Å². The monoisotopic (exact) mass is 425 g/mol. The largest absolute Gasteiger partial charge is 0.295 e. The summed E-state index contributed by atoms with van der Waals surface area (Å²) in [5.41, 5.74) is 10.7. The van der Waals surface area contributed by atoms with Crippen molar-refractivity contribution in [1.82, 2.24) is 4.57 Å². The number of para-hydroxylation sites is 1. The first-order valence-electron chi connectivity index (χ1n) is 12.0. The highest BCUT2D eigenvalue weighted by Gasteiger charge is 2.31. The van der Waals surface area contributed by atoms with E-state index in [-0.39, 0.29) is 0 Å². The maximum Gasteiger partial charge on any atom is 0.295 e. The van der Waals surface area contributed by atoms with E-state index < -0.39 is 0 Å². The minimum absolute atomic E-state index is 0.436. The van der Waals surface area contributed by atoms with Crippen molar-refractivity contribution < 1.29 is 4.57 Å². The number of fused-ring (bicyclic) bond motifs is 1. The number of hydrogen-bond acceptors (Lipinski definition) is 0. The van der Waals surface area contributed by atoms with E-state index in [1.54, 1.807) is 0 Å². The summed E-state index contributed by atoms with van der Waals surface area (Å²) in [6.07, 6.45) is 0. The highest BCUT2D eigenvalue weighted by Crippen LogP contribution is 2.34. The molecule has 1 heterocycles. The van der Waals surface area contributed by atoms with Gasteiger partial charge < -0.3 is 0 Å². The van der Waals surface area contributed by atoms with Gasteiger partial charge in [0.2, 0.25) is 0 Å². The lowest BCUT2D eigenvalue weighted by Crippen LogP contribution is -2.36. The van der Waals surface area contributed by atoms with Crippen LogP contribution < -0.4 is 4.57 Å². The summed E-state index contributed by atoms with van der Waals surface area (Å²) in [4.78, 5) is 0. The minimum atomic E-state index is 0.436. The number of hydrogen-bond donors (Lipinski definition) is 0. The molecule has 0 bridgehead atoms. The maximum atomic E-state index is 2.53. The number of aromatic nitrogens is 2. The van der Waals surface area contributed by atoms with E-state index in [0.29, 0.717) is 17.8 Å². The van der Waals surface area contributed by atoms with Crippen LogP contribution in [0.3, 0.4) is 0 Å².